The third-order valence-corrected chi connectivity index (χ3v) is 3.36. The fraction of sp³-hybridized carbons (Fsp3) is 0.267. The highest BCUT2D eigenvalue weighted by molar-refractivity contribution is 6.31. The Labute approximate surface area is 118 Å². The molecule has 1 aromatic heterocycles. The summed E-state index contributed by atoms with van der Waals surface area (Å²) in [6, 6.07) is 11.4. The molecule has 2 aromatic rings. The van der Waals surface area contributed by atoms with Gasteiger partial charge in [-0.25, -0.2) is 4.98 Å². The molecule has 1 N–H and O–H groups in total. The maximum absolute atomic E-state index is 9.78. The average molecular weight is 277 g/mol. The Morgan fingerprint density at radius 3 is 2.68 bits per heavy atom. The van der Waals surface area contributed by atoms with E-state index in [9.17, 15) is 5.11 Å². The van der Waals surface area contributed by atoms with Crippen molar-refractivity contribution in [1.29, 1.82) is 0 Å². The highest BCUT2D eigenvalue weighted by Crippen LogP contribution is 2.25. The fourth-order valence-electron chi connectivity index (χ4n) is 2.01. The van der Waals surface area contributed by atoms with Crippen molar-refractivity contribution in [2.45, 2.75) is 19.6 Å². The summed E-state index contributed by atoms with van der Waals surface area (Å²) in [5.41, 5.74) is 1.85. The summed E-state index contributed by atoms with van der Waals surface area (Å²) in [7, 11) is 1.94. The van der Waals surface area contributed by atoms with Gasteiger partial charge in [-0.3, -0.25) is 0 Å². The summed E-state index contributed by atoms with van der Waals surface area (Å²) in [5, 5.41) is 10.5. The highest BCUT2D eigenvalue weighted by atomic mass is 35.5. The standard InChI is InChI=1S/C15H17ClN2O/c1-11(19)13-7-5-9-17-15(13)18(2)10-12-6-3-4-8-14(12)16/h3-9,11,19H,10H2,1-2H3/t11-/m1/s1. The van der Waals surface area contributed by atoms with E-state index in [1.807, 2.05) is 48.3 Å². The molecule has 0 aliphatic carbocycles. The molecule has 1 aromatic carbocycles. The largest absolute Gasteiger partial charge is 0.389 e. The Balaban J connectivity index is 2.26. The summed E-state index contributed by atoms with van der Waals surface area (Å²) in [4.78, 5) is 6.34. The topological polar surface area (TPSA) is 36.4 Å². The lowest BCUT2D eigenvalue weighted by molar-refractivity contribution is 0.199. The molecule has 1 heterocycles. The molecule has 0 saturated heterocycles. The lowest BCUT2D eigenvalue weighted by Crippen LogP contribution is -2.20. The Morgan fingerprint density at radius 2 is 2.00 bits per heavy atom. The minimum absolute atomic E-state index is 0.544. The molecule has 1 atom stereocenters. The number of halogens is 1. The van der Waals surface area contributed by atoms with E-state index in [1.165, 1.54) is 0 Å². The maximum atomic E-state index is 9.78. The quantitative estimate of drug-likeness (QED) is 0.929. The van der Waals surface area contributed by atoms with Crippen LogP contribution in [0.5, 0.6) is 0 Å². The van der Waals surface area contributed by atoms with Gasteiger partial charge in [0.2, 0.25) is 0 Å². The molecule has 0 aliphatic heterocycles. The van der Waals surface area contributed by atoms with E-state index in [-0.39, 0.29) is 0 Å². The van der Waals surface area contributed by atoms with Gasteiger partial charge >= 0.3 is 0 Å². The van der Waals surface area contributed by atoms with Crippen LogP contribution in [-0.4, -0.2) is 17.1 Å². The molecule has 2 rings (SSSR count). The zero-order chi connectivity index (χ0) is 13.8. The molecule has 100 valence electrons. The lowest BCUT2D eigenvalue weighted by atomic mass is 10.1. The van der Waals surface area contributed by atoms with E-state index < -0.39 is 6.10 Å². The van der Waals surface area contributed by atoms with Crippen LogP contribution in [0.2, 0.25) is 5.02 Å². The second kappa shape index (κ2) is 6.04. The Hall–Kier alpha value is -1.58. The Kier molecular flexibility index (Phi) is 4.40. The van der Waals surface area contributed by atoms with E-state index >= 15 is 0 Å². The van der Waals surface area contributed by atoms with Crippen molar-refractivity contribution in [3.8, 4) is 0 Å². The van der Waals surface area contributed by atoms with Gasteiger partial charge in [0.1, 0.15) is 5.82 Å². The molecule has 0 saturated carbocycles. The number of aliphatic hydroxyl groups is 1. The first kappa shape index (κ1) is 13.8. The third kappa shape index (κ3) is 3.25. The summed E-state index contributed by atoms with van der Waals surface area (Å²) in [6.07, 6.45) is 1.18. The second-order valence-corrected chi connectivity index (χ2v) is 4.95. The van der Waals surface area contributed by atoms with Crippen molar-refractivity contribution in [1.82, 2.24) is 4.98 Å². The average Bonchev–Trinajstić information content (AvgIpc) is 2.41. The molecule has 19 heavy (non-hydrogen) atoms. The zero-order valence-corrected chi connectivity index (χ0v) is 11.8. The number of benzene rings is 1. The van der Waals surface area contributed by atoms with Crippen LogP contribution in [-0.2, 0) is 6.54 Å². The molecule has 4 heteroatoms. The van der Waals surface area contributed by atoms with Crippen LogP contribution in [0.4, 0.5) is 5.82 Å². The number of rotatable bonds is 4. The normalized spacial score (nSPS) is 12.2. The van der Waals surface area contributed by atoms with Crippen molar-refractivity contribution in [2.75, 3.05) is 11.9 Å². The summed E-state index contributed by atoms with van der Waals surface area (Å²) < 4.78 is 0. The predicted molar refractivity (Wildman–Crippen MR) is 78.4 cm³/mol. The molecular formula is C15H17ClN2O. The van der Waals surface area contributed by atoms with Crippen molar-refractivity contribution in [3.63, 3.8) is 0 Å². The van der Waals surface area contributed by atoms with Gasteiger partial charge in [0, 0.05) is 30.4 Å². The number of hydrogen-bond donors (Lipinski definition) is 1. The first-order valence-corrected chi connectivity index (χ1v) is 6.55. The molecular weight excluding hydrogens is 260 g/mol. The highest BCUT2D eigenvalue weighted by Gasteiger charge is 2.13. The number of anilines is 1. The fourth-order valence-corrected chi connectivity index (χ4v) is 2.21. The van der Waals surface area contributed by atoms with E-state index in [1.54, 1.807) is 13.1 Å². The van der Waals surface area contributed by atoms with Gasteiger partial charge in [-0.2, -0.15) is 0 Å². The smallest absolute Gasteiger partial charge is 0.134 e. The minimum Gasteiger partial charge on any atom is -0.389 e. The predicted octanol–water partition coefficient (Wildman–Crippen LogP) is 3.42. The maximum Gasteiger partial charge on any atom is 0.134 e. The monoisotopic (exact) mass is 276 g/mol. The van der Waals surface area contributed by atoms with E-state index in [0.717, 1.165) is 22.0 Å². The molecule has 0 bridgehead atoms. The first-order chi connectivity index (χ1) is 9.09. The van der Waals surface area contributed by atoms with Crippen LogP contribution in [0.25, 0.3) is 0 Å². The molecule has 3 nitrogen and oxygen atoms in total. The summed E-state index contributed by atoms with van der Waals surface area (Å²) >= 11 is 6.16. The molecule has 0 radical (unpaired) electrons. The molecule has 0 spiro atoms. The zero-order valence-electron chi connectivity index (χ0n) is 11.0. The van der Waals surface area contributed by atoms with Crippen LogP contribution < -0.4 is 4.90 Å². The molecule has 0 unspecified atom stereocenters. The van der Waals surface area contributed by atoms with Crippen LogP contribution in [0, 0.1) is 0 Å². The van der Waals surface area contributed by atoms with E-state index in [2.05, 4.69) is 4.98 Å². The van der Waals surface area contributed by atoms with Gasteiger partial charge in [0.15, 0.2) is 0 Å². The SMILES string of the molecule is C[C@@H](O)c1cccnc1N(C)Cc1ccccc1Cl. The summed E-state index contributed by atoms with van der Waals surface area (Å²) in [6.45, 7) is 2.39. The number of nitrogens with zero attached hydrogens (tertiary/aromatic N) is 2. The van der Waals surface area contributed by atoms with Gasteiger partial charge in [-0.1, -0.05) is 35.9 Å². The van der Waals surface area contributed by atoms with E-state index in [4.69, 9.17) is 11.6 Å². The number of pyridine rings is 1. The van der Waals surface area contributed by atoms with Gasteiger partial charge in [0.05, 0.1) is 6.10 Å². The number of aromatic nitrogens is 1. The Bertz CT molecular complexity index is 557. The Morgan fingerprint density at radius 1 is 1.26 bits per heavy atom. The third-order valence-electron chi connectivity index (χ3n) is 2.99. The van der Waals surface area contributed by atoms with Crippen LogP contribution in [0.3, 0.4) is 0 Å². The second-order valence-electron chi connectivity index (χ2n) is 4.54. The van der Waals surface area contributed by atoms with Crippen LogP contribution in [0.15, 0.2) is 42.6 Å². The van der Waals surface area contributed by atoms with Gasteiger partial charge in [-0.15, -0.1) is 0 Å². The van der Waals surface area contributed by atoms with Gasteiger partial charge in [0.25, 0.3) is 0 Å². The lowest BCUT2D eigenvalue weighted by Gasteiger charge is -2.22. The van der Waals surface area contributed by atoms with Gasteiger partial charge in [-0.05, 0) is 24.6 Å². The number of aliphatic hydroxyl groups excluding tert-OH is 1. The van der Waals surface area contributed by atoms with Crippen molar-refractivity contribution >= 4 is 17.4 Å². The van der Waals surface area contributed by atoms with Gasteiger partial charge < -0.3 is 10.0 Å². The van der Waals surface area contributed by atoms with Crippen molar-refractivity contribution in [3.05, 3.63) is 58.7 Å². The van der Waals surface area contributed by atoms with Crippen molar-refractivity contribution < 1.29 is 5.11 Å². The van der Waals surface area contributed by atoms with Crippen LogP contribution >= 0.6 is 11.6 Å². The molecule has 0 aliphatic rings. The molecule has 0 fully saturated rings. The first-order valence-electron chi connectivity index (χ1n) is 6.17. The number of hydrogen-bond acceptors (Lipinski definition) is 3. The molecule has 0 amide bonds. The minimum atomic E-state index is -0.544. The van der Waals surface area contributed by atoms with Crippen molar-refractivity contribution in [2.24, 2.45) is 0 Å². The van der Waals surface area contributed by atoms with Crippen LogP contribution in [0.1, 0.15) is 24.2 Å². The van der Waals surface area contributed by atoms with E-state index in [0.29, 0.717) is 6.54 Å². The summed E-state index contributed by atoms with van der Waals surface area (Å²) in [5.74, 6) is 0.775.